The van der Waals surface area contributed by atoms with E-state index in [1.165, 1.54) is 24.8 Å². The summed E-state index contributed by atoms with van der Waals surface area (Å²) in [5, 5.41) is 18.1. The van der Waals surface area contributed by atoms with Gasteiger partial charge in [-0.3, -0.25) is 10.3 Å². The summed E-state index contributed by atoms with van der Waals surface area (Å²) in [6, 6.07) is 9.49. The maximum absolute atomic E-state index is 9.29. The summed E-state index contributed by atoms with van der Waals surface area (Å²) >= 11 is 1.21. The second-order valence-corrected chi connectivity index (χ2v) is 4.87. The van der Waals surface area contributed by atoms with Crippen LogP contribution in [0.2, 0.25) is 0 Å². The topological polar surface area (TPSA) is 92.4 Å². The number of methoxy groups -OCH3 is 1. The van der Waals surface area contributed by atoms with Crippen LogP contribution in [-0.2, 0) is 4.84 Å². The Morgan fingerprint density at radius 3 is 2.73 bits per heavy atom. The lowest BCUT2D eigenvalue weighted by atomic mass is 10.1. The number of aromatic nitrogens is 2. The average molecular weight is 315 g/mol. The maximum Gasteiger partial charge on any atom is 0.233 e. The Balaban J connectivity index is 2.20. The molecule has 1 N–H and O–H groups in total. The summed E-state index contributed by atoms with van der Waals surface area (Å²) in [5.74, 6) is 0.758. The van der Waals surface area contributed by atoms with Crippen LogP contribution in [0, 0.1) is 11.3 Å². The standard InChI is InChI=1S/C14H13N5O2S/c1-20-12-5-3-10(4-6-12)7-11(8-15)13-18-19-14(22-13)16-9-17-21-2/h3-7,9H,1-2H3,(H,16,17,19)/b11-7+. The quantitative estimate of drug-likeness (QED) is 0.381. The summed E-state index contributed by atoms with van der Waals surface area (Å²) in [6.07, 6.45) is 3.09. The van der Waals surface area contributed by atoms with Crippen LogP contribution >= 0.6 is 11.3 Å². The lowest BCUT2D eigenvalue weighted by molar-refractivity contribution is 0.148. The summed E-state index contributed by atoms with van der Waals surface area (Å²) in [4.78, 5) is 8.61. The lowest BCUT2D eigenvalue weighted by Gasteiger charge is -1.99. The van der Waals surface area contributed by atoms with Gasteiger partial charge in [-0.2, -0.15) is 5.26 Å². The molecule has 0 radical (unpaired) electrons. The highest BCUT2D eigenvalue weighted by Crippen LogP contribution is 2.26. The molecular formula is C14H13N5O2S. The Labute approximate surface area is 131 Å². The molecule has 1 heterocycles. The van der Waals surface area contributed by atoms with Crippen molar-refractivity contribution >= 4 is 34.5 Å². The van der Waals surface area contributed by atoms with E-state index in [0.717, 1.165) is 11.3 Å². The first-order valence-electron chi connectivity index (χ1n) is 6.17. The molecule has 0 fully saturated rings. The largest absolute Gasteiger partial charge is 0.497 e. The Hall–Kier alpha value is -2.76. The molecule has 0 aliphatic carbocycles. The van der Waals surface area contributed by atoms with Gasteiger partial charge < -0.3 is 4.74 Å². The predicted octanol–water partition coefficient (Wildman–Crippen LogP) is 2.42. The van der Waals surface area contributed by atoms with Crippen LogP contribution in [0.3, 0.4) is 0 Å². The minimum atomic E-state index is 0.420. The van der Waals surface area contributed by atoms with E-state index >= 15 is 0 Å². The van der Waals surface area contributed by atoms with E-state index in [1.807, 2.05) is 24.3 Å². The van der Waals surface area contributed by atoms with Crippen molar-refractivity contribution in [3.63, 3.8) is 0 Å². The fraction of sp³-hybridized carbons (Fsp3) is 0.143. The number of aliphatic imine (C=N–C) groups is 1. The highest BCUT2D eigenvalue weighted by molar-refractivity contribution is 7.16. The zero-order valence-electron chi connectivity index (χ0n) is 12.0. The van der Waals surface area contributed by atoms with Crippen LogP contribution in [-0.4, -0.2) is 30.8 Å². The number of hydrogen-bond donors (Lipinski definition) is 1. The third-order valence-electron chi connectivity index (χ3n) is 2.54. The molecule has 22 heavy (non-hydrogen) atoms. The zero-order valence-corrected chi connectivity index (χ0v) is 12.8. The number of benzene rings is 1. The molecule has 0 unspecified atom stereocenters. The summed E-state index contributed by atoms with van der Waals surface area (Å²) in [7, 11) is 3.08. The highest BCUT2D eigenvalue weighted by Gasteiger charge is 2.08. The van der Waals surface area contributed by atoms with Crippen LogP contribution in [0.4, 0.5) is 5.13 Å². The third kappa shape index (κ3) is 4.12. The molecule has 7 nitrogen and oxygen atoms in total. The van der Waals surface area contributed by atoms with Gasteiger partial charge in [0.2, 0.25) is 5.13 Å². The number of allylic oxidation sites excluding steroid dienone is 1. The predicted molar refractivity (Wildman–Crippen MR) is 84.7 cm³/mol. The molecule has 2 aromatic rings. The van der Waals surface area contributed by atoms with Gasteiger partial charge in [-0.25, -0.2) is 4.99 Å². The van der Waals surface area contributed by atoms with Crippen molar-refractivity contribution in [2.75, 3.05) is 14.2 Å². The number of ether oxygens (including phenoxy) is 1. The summed E-state index contributed by atoms with van der Waals surface area (Å²) < 4.78 is 5.10. The molecule has 1 aromatic carbocycles. The average Bonchev–Trinajstić information content (AvgIpc) is 3.02. The molecule has 1 aromatic heterocycles. The van der Waals surface area contributed by atoms with Gasteiger partial charge in [0.25, 0.3) is 0 Å². The molecule has 0 aliphatic rings. The van der Waals surface area contributed by atoms with Gasteiger partial charge in [-0.05, 0) is 23.8 Å². The Kier molecular flexibility index (Phi) is 5.59. The number of nitrogens with one attached hydrogen (secondary N) is 1. The molecule has 0 aliphatic heterocycles. The number of nitrogens with zero attached hydrogens (tertiary/aromatic N) is 4. The summed E-state index contributed by atoms with van der Waals surface area (Å²) in [6.45, 7) is 0. The molecule has 112 valence electrons. The van der Waals surface area contributed by atoms with Gasteiger partial charge in [-0.1, -0.05) is 23.5 Å². The van der Waals surface area contributed by atoms with Crippen molar-refractivity contribution in [3.8, 4) is 11.8 Å². The van der Waals surface area contributed by atoms with Gasteiger partial charge in [0.15, 0.2) is 5.01 Å². The van der Waals surface area contributed by atoms with Crippen LogP contribution in [0.25, 0.3) is 11.6 Å². The van der Waals surface area contributed by atoms with Crippen LogP contribution in [0.15, 0.2) is 29.3 Å². The van der Waals surface area contributed by atoms with Crippen molar-refractivity contribution in [2.45, 2.75) is 0 Å². The number of hydroxylamine groups is 1. The Bertz CT molecular complexity index is 716. The maximum atomic E-state index is 9.29. The molecule has 0 spiro atoms. The zero-order chi connectivity index (χ0) is 15.8. The first-order valence-corrected chi connectivity index (χ1v) is 6.99. The van der Waals surface area contributed by atoms with Crippen molar-refractivity contribution in [3.05, 3.63) is 34.8 Å². The van der Waals surface area contributed by atoms with Gasteiger partial charge >= 0.3 is 0 Å². The molecule has 2 rings (SSSR count). The molecule has 0 amide bonds. The van der Waals surface area contributed by atoms with E-state index in [4.69, 9.17) is 4.74 Å². The monoisotopic (exact) mass is 315 g/mol. The van der Waals surface area contributed by atoms with Gasteiger partial charge in [0.1, 0.15) is 18.2 Å². The number of nitriles is 1. The van der Waals surface area contributed by atoms with Gasteiger partial charge in [0, 0.05) is 0 Å². The minimum absolute atomic E-state index is 0.420. The molecule has 0 saturated carbocycles. The normalized spacial score (nSPS) is 11.4. The third-order valence-corrected chi connectivity index (χ3v) is 3.40. The van der Waals surface area contributed by atoms with Gasteiger partial charge in [-0.15, -0.1) is 10.2 Å². The number of hydrogen-bond acceptors (Lipinski definition) is 7. The van der Waals surface area contributed by atoms with Crippen LogP contribution in [0.1, 0.15) is 10.6 Å². The second-order valence-electron chi connectivity index (χ2n) is 3.91. The van der Waals surface area contributed by atoms with E-state index in [1.54, 1.807) is 13.2 Å². The van der Waals surface area contributed by atoms with Crippen molar-refractivity contribution < 1.29 is 9.57 Å². The van der Waals surface area contributed by atoms with Crippen LogP contribution in [0.5, 0.6) is 5.75 Å². The van der Waals surface area contributed by atoms with E-state index in [2.05, 4.69) is 31.6 Å². The van der Waals surface area contributed by atoms with Crippen molar-refractivity contribution in [1.82, 2.24) is 15.7 Å². The molecule has 0 saturated heterocycles. The SMILES string of the molecule is CON/C=N\c1nnc(/C(C#N)=C/c2ccc(OC)cc2)s1. The molecular weight excluding hydrogens is 302 g/mol. The molecule has 0 bridgehead atoms. The van der Waals surface area contributed by atoms with E-state index < -0.39 is 0 Å². The Morgan fingerprint density at radius 2 is 2.09 bits per heavy atom. The van der Waals surface area contributed by atoms with E-state index in [0.29, 0.717) is 15.7 Å². The van der Waals surface area contributed by atoms with Gasteiger partial charge in [0.05, 0.1) is 19.8 Å². The van der Waals surface area contributed by atoms with E-state index in [-0.39, 0.29) is 0 Å². The highest BCUT2D eigenvalue weighted by atomic mass is 32.1. The van der Waals surface area contributed by atoms with Crippen molar-refractivity contribution in [1.29, 1.82) is 5.26 Å². The second kappa shape index (κ2) is 7.87. The van der Waals surface area contributed by atoms with Crippen molar-refractivity contribution in [2.24, 2.45) is 4.99 Å². The fourth-order valence-electron chi connectivity index (χ4n) is 1.52. The molecule has 8 heteroatoms. The Morgan fingerprint density at radius 1 is 1.32 bits per heavy atom. The van der Waals surface area contributed by atoms with E-state index in [9.17, 15) is 5.26 Å². The first-order chi connectivity index (χ1) is 10.8. The first kappa shape index (κ1) is 15.6. The summed E-state index contributed by atoms with van der Waals surface area (Å²) in [5.41, 5.74) is 3.75. The fourth-order valence-corrected chi connectivity index (χ4v) is 2.18. The minimum Gasteiger partial charge on any atom is -0.497 e. The molecule has 0 atom stereocenters. The lowest BCUT2D eigenvalue weighted by Crippen LogP contribution is -2.06. The smallest absolute Gasteiger partial charge is 0.233 e. The van der Waals surface area contributed by atoms with Crippen LogP contribution < -0.4 is 10.2 Å². The number of rotatable bonds is 6.